The molecule has 144 valence electrons. The number of hydrogen-bond acceptors (Lipinski definition) is 3. The van der Waals surface area contributed by atoms with Gasteiger partial charge < -0.3 is 15.0 Å². The maximum absolute atomic E-state index is 13.1. The van der Waals surface area contributed by atoms with Crippen LogP contribution in [-0.4, -0.2) is 31.6 Å². The molecule has 1 saturated heterocycles. The Morgan fingerprint density at radius 1 is 1.07 bits per heavy atom. The average molecular weight is 407 g/mol. The molecule has 1 amide bonds. The zero-order chi connectivity index (χ0) is 19.4. The number of benzene rings is 2. The molecule has 0 aromatic heterocycles. The third-order valence-corrected chi connectivity index (χ3v) is 5.35. The molecule has 2 aromatic rings. The molecule has 1 heterocycles. The summed E-state index contributed by atoms with van der Waals surface area (Å²) >= 11 is 12.0. The molecule has 27 heavy (non-hydrogen) atoms. The van der Waals surface area contributed by atoms with E-state index in [0.717, 1.165) is 31.6 Å². The van der Waals surface area contributed by atoms with Gasteiger partial charge in [0.15, 0.2) is 6.61 Å². The fourth-order valence-electron chi connectivity index (χ4n) is 3.33. The molecule has 6 heteroatoms. The van der Waals surface area contributed by atoms with Gasteiger partial charge in [0.1, 0.15) is 5.75 Å². The number of amides is 1. The maximum Gasteiger partial charge on any atom is 0.265 e. The molecule has 4 nitrogen and oxygen atoms in total. The predicted octanol–water partition coefficient (Wildman–Crippen LogP) is 4.77. The summed E-state index contributed by atoms with van der Waals surface area (Å²) in [6.45, 7) is 5.89. The monoisotopic (exact) mass is 406 g/mol. The zero-order valence-electron chi connectivity index (χ0n) is 15.6. The lowest BCUT2D eigenvalue weighted by Crippen LogP contribution is -2.48. The smallest absolute Gasteiger partial charge is 0.265 e. The van der Waals surface area contributed by atoms with Crippen LogP contribution in [0.1, 0.15) is 24.0 Å². The fraction of sp³-hybridized carbons (Fsp3) is 0.381. The molecule has 1 N–H and O–H groups in total. The summed E-state index contributed by atoms with van der Waals surface area (Å²) < 4.78 is 5.70. The van der Waals surface area contributed by atoms with E-state index in [9.17, 15) is 4.79 Å². The third-order valence-electron chi connectivity index (χ3n) is 4.91. The van der Waals surface area contributed by atoms with Gasteiger partial charge in [-0.2, -0.15) is 0 Å². The molecule has 0 radical (unpaired) electrons. The summed E-state index contributed by atoms with van der Waals surface area (Å²) in [6.07, 6.45) is 1.84. The lowest BCUT2D eigenvalue weighted by atomic mass is 10.0. The Morgan fingerprint density at radius 3 is 2.37 bits per heavy atom. The summed E-state index contributed by atoms with van der Waals surface area (Å²) in [5.74, 6) is 0.424. The Kier molecular flexibility index (Phi) is 6.64. The van der Waals surface area contributed by atoms with E-state index in [0.29, 0.717) is 15.8 Å². The minimum atomic E-state index is -0.0683. The Bertz CT molecular complexity index is 800. The fourth-order valence-corrected chi connectivity index (χ4v) is 3.83. The standard InChI is InChI=1S/C21H24Cl2N2O2/c1-14-3-4-19(9-15(14)2)25(18-5-7-24-8-6-18)21(26)13-27-20-11-16(22)10-17(23)12-20/h3-4,9-12,18,24H,5-8,13H2,1-2H3. The number of nitrogens with one attached hydrogen (secondary N) is 1. The van der Waals surface area contributed by atoms with Crippen molar-refractivity contribution in [3.8, 4) is 5.75 Å². The number of carbonyl (C=O) groups is 1. The van der Waals surface area contributed by atoms with Gasteiger partial charge in [0.2, 0.25) is 0 Å². The summed E-state index contributed by atoms with van der Waals surface area (Å²) in [7, 11) is 0. The Balaban J connectivity index is 1.80. The number of anilines is 1. The highest BCUT2D eigenvalue weighted by atomic mass is 35.5. The molecule has 1 aliphatic heterocycles. The predicted molar refractivity (Wildman–Crippen MR) is 111 cm³/mol. The summed E-state index contributed by atoms with van der Waals surface area (Å²) in [6, 6.07) is 11.3. The lowest BCUT2D eigenvalue weighted by molar-refractivity contribution is -0.121. The minimum Gasteiger partial charge on any atom is -0.484 e. The van der Waals surface area contributed by atoms with Crippen LogP contribution in [0.5, 0.6) is 5.75 Å². The molecule has 0 atom stereocenters. The highest BCUT2D eigenvalue weighted by Gasteiger charge is 2.27. The Morgan fingerprint density at radius 2 is 1.74 bits per heavy atom. The maximum atomic E-state index is 13.1. The van der Waals surface area contributed by atoms with Crippen molar-refractivity contribution in [2.24, 2.45) is 0 Å². The summed E-state index contributed by atoms with van der Waals surface area (Å²) in [4.78, 5) is 15.0. The second-order valence-corrected chi connectivity index (χ2v) is 7.78. The average Bonchev–Trinajstić information content (AvgIpc) is 2.63. The van der Waals surface area contributed by atoms with Crippen molar-refractivity contribution < 1.29 is 9.53 Å². The van der Waals surface area contributed by atoms with Gasteiger partial charge in [-0.1, -0.05) is 29.3 Å². The number of hydrogen-bond donors (Lipinski definition) is 1. The SMILES string of the molecule is Cc1ccc(N(C(=O)COc2cc(Cl)cc(Cl)c2)C2CCNCC2)cc1C. The van der Waals surface area contributed by atoms with Crippen molar-refractivity contribution in [2.45, 2.75) is 32.7 Å². The first-order chi connectivity index (χ1) is 12.9. The van der Waals surface area contributed by atoms with Crippen LogP contribution in [-0.2, 0) is 4.79 Å². The van der Waals surface area contributed by atoms with Crippen LogP contribution in [0, 0.1) is 13.8 Å². The van der Waals surface area contributed by atoms with E-state index in [2.05, 4.69) is 31.3 Å². The van der Waals surface area contributed by atoms with Gasteiger partial charge in [0.05, 0.1) is 0 Å². The van der Waals surface area contributed by atoms with Crippen molar-refractivity contribution in [1.29, 1.82) is 0 Å². The van der Waals surface area contributed by atoms with Crippen molar-refractivity contribution in [3.63, 3.8) is 0 Å². The Hall–Kier alpha value is -1.75. The van der Waals surface area contributed by atoms with Crippen LogP contribution < -0.4 is 15.0 Å². The van der Waals surface area contributed by atoms with Crippen LogP contribution in [0.3, 0.4) is 0 Å². The summed E-state index contributed by atoms with van der Waals surface area (Å²) in [5, 5.41) is 4.31. The largest absolute Gasteiger partial charge is 0.484 e. The van der Waals surface area contributed by atoms with Crippen LogP contribution in [0.4, 0.5) is 5.69 Å². The number of aryl methyl sites for hydroxylation is 2. The molecule has 0 bridgehead atoms. The van der Waals surface area contributed by atoms with Crippen molar-refractivity contribution in [1.82, 2.24) is 5.32 Å². The minimum absolute atomic E-state index is 0.0620. The number of rotatable bonds is 5. The van der Waals surface area contributed by atoms with E-state index in [4.69, 9.17) is 27.9 Å². The number of nitrogens with zero attached hydrogens (tertiary/aromatic N) is 1. The molecule has 3 rings (SSSR count). The van der Waals surface area contributed by atoms with Gasteiger partial charge >= 0.3 is 0 Å². The van der Waals surface area contributed by atoms with Gasteiger partial charge in [0.25, 0.3) is 5.91 Å². The van der Waals surface area contributed by atoms with E-state index < -0.39 is 0 Å². The third kappa shape index (κ3) is 5.16. The van der Waals surface area contributed by atoms with Crippen LogP contribution in [0.2, 0.25) is 10.0 Å². The number of ether oxygens (including phenoxy) is 1. The second-order valence-electron chi connectivity index (χ2n) is 6.91. The Labute approximate surface area is 170 Å². The molecule has 0 spiro atoms. The van der Waals surface area contributed by atoms with Crippen molar-refractivity contribution in [3.05, 3.63) is 57.6 Å². The van der Waals surface area contributed by atoms with E-state index in [-0.39, 0.29) is 18.6 Å². The number of carbonyl (C=O) groups excluding carboxylic acids is 1. The molecule has 2 aromatic carbocycles. The second kappa shape index (κ2) is 8.96. The molecular formula is C21H24Cl2N2O2. The topological polar surface area (TPSA) is 41.6 Å². The van der Waals surface area contributed by atoms with E-state index in [1.807, 2.05) is 11.0 Å². The van der Waals surface area contributed by atoms with Gasteiger partial charge in [-0.25, -0.2) is 0 Å². The lowest BCUT2D eigenvalue weighted by Gasteiger charge is -2.35. The van der Waals surface area contributed by atoms with E-state index >= 15 is 0 Å². The summed E-state index contributed by atoms with van der Waals surface area (Å²) in [5.41, 5.74) is 3.30. The number of halogens is 2. The van der Waals surface area contributed by atoms with Gasteiger partial charge in [-0.15, -0.1) is 0 Å². The number of piperidine rings is 1. The quantitative estimate of drug-likeness (QED) is 0.776. The van der Waals surface area contributed by atoms with Crippen molar-refractivity contribution in [2.75, 3.05) is 24.6 Å². The molecular weight excluding hydrogens is 383 g/mol. The molecule has 1 aliphatic rings. The molecule has 0 unspecified atom stereocenters. The van der Waals surface area contributed by atoms with E-state index in [1.54, 1.807) is 18.2 Å². The van der Waals surface area contributed by atoms with Gasteiger partial charge in [-0.05, 0) is 81.2 Å². The van der Waals surface area contributed by atoms with Gasteiger partial charge in [0, 0.05) is 21.8 Å². The van der Waals surface area contributed by atoms with Crippen LogP contribution in [0.15, 0.2) is 36.4 Å². The first-order valence-corrected chi connectivity index (χ1v) is 9.88. The zero-order valence-corrected chi connectivity index (χ0v) is 17.1. The van der Waals surface area contributed by atoms with E-state index in [1.165, 1.54) is 11.1 Å². The molecule has 0 saturated carbocycles. The molecule has 0 aliphatic carbocycles. The first-order valence-electron chi connectivity index (χ1n) is 9.13. The van der Waals surface area contributed by atoms with Crippen LogP contribution in [0.25, 0.3) is 0 Å². The van der Waals surface area contributed by atoms with Gasteiger partial charge in [-0.3, -0.25) is 4.79 Å². The first kappa shape index (κ1) is 20.0. The molecule has 1 fully saturated rings. The highest BCUT2D eigenvalue weighted by molar-refractivity contribution is 6.34. The normalized spacial score (nSPS) is 14.8. The van der Waals surface area contributed by atoms with Crippen LogP contribution >= 0.6 is 23.2 Å². The van der Waals surface area contributed by atoms with Crippen molar-refractivity contribution >= 4 is 34.8 Å². The highest BCUT2D eigenvalue weighted by Crippen LogP contribution is 2.27.